The van der Waals surface area contributed by atoms with E-state index in [0.717, 1.165) is 29.0 Å². The average molecular weight is 317 g/mol. The van der Waals surface area contributed by atoms with Gasteiger partial charge in [0.05, 0.1) is 5.56 Å². The quantitative estimate of drug-likeness (QED) is 0.638. The number of fused-ring (bicyclic) bond motifs is 1. The third kappa shape index (κ3) is 3.33. The summed E-state index contributed by atoms with van der Waals surface area (Å²) in [5, 5.41) is 5.08. The number of nitrogens with one attached hydrogen (secondary N) is 1. The van der Waals surface area contributed by atoms with E-state index in [0.29, 0.717) is 0 Å². The lowest BCUT2D eigenvalue weighted by molar-refractivity contribution is 0.102. The molecule has 1 amide bonds. The minimum absolute atomic E-state index is 0.0349. The predicted molar refractivity (Wildman–Crippen MR) is 91.8 cm³/mol. The molecule has 0 fully saturated rings. The fourth-order valence-corrected chi connectivity index (χ4v) is 4.35. The summed E-state index contributed by atoms with van der Waals surface area (Å²) >= 11 is 3.43. The third-order valence-corrected chi connectivity index (χ3v) is 5.70. The molecule has 110 valence electrons. The maximum absolute atomic E-state index is 12.5. The zero-order valence-electron chi connectivity index (χ0n) is 12.1. The maximum atomic E-state index is 12.5. The minimum atomic E-state index is 0.0349. The summed E-state index contributed by atoms with van der Waals surface area (Å²) in [6.45, 7) is 0. The van der Waals surface area contributed by atoms with E-state index >= 15 is 0 Å². The molecule has 1 aromatic carbocycles. The van der Waals surface area contributed by atoms with Crippen molar-refractivity contribution in [2.24, 2.45) is 0 Å². The van der Waals surface area contributed by atoms with Crippen LogP contribution in [0.1, 0.15) is 40.1 Å². The van der Waals surface area contributed by atoms with Gasteiger partial charge in [-0.1, -0.05) is 12.5 Å². The normalized spacial score (nSPS) is 14.3. The van der Waals surface area contributed by atoms with Gasteiger partial charge in [0.15, 0.2) is 0 Å². The van der Waals surface area contributed by atoms with Crippen LogP contribution >= 0.6 is 23.1 Å². The summed E-state index contributed by atoms with van der Waals surface area (Å²) in [5.74, 6) is 0.0349. The van der Waals surface area contributed by atoms with Gasteiger partial charge < -0.3 is 5.32 Å². The smallest absolute Gasteiger partial charge is 0.256 e. The van der Waals surface area contributed by atoms with Crippen LogP contribution in [0.5, 0.6) is 0 Å². The van der Waals surface area contributed by atoms with Crippen LogP contribution in [0.15, 0.2) is 34.5 Å². The van der Waals surface area contributed by atoms with Crippen LogP contribution in [0.2, 0.25) is 0 Å². The SMILES string of the molecule is CSc1cccc(NC(=O)c2csc3c2CCCCC3)c1. The molecular weight excluding hydrogens is 298 g/mol. The number of carbonyl (C=O) groups is 1. The Morgan fingerprint density at radius 1 is 1.24 bits per heavy atom. The second-order valence-corrected chi connectivity index (χ2v) is 7.14. The number of rotatable bonds is 3. The van der Waals surface area contributed by atoms with Gasteiger partial charge in [0.25, 0.3) is 5.91 Å². The lowest BCUT2D eigenvalue weighted by Crippen LogP contribution is -2.13. The molecule has 0 bridgehead atoms. The second-order valence-electron chi connectivity index (χ2n) is 5.30. The molecule has 2 aromatic rings. The summed E-state index contributed by atoms with van der Waals surface area (Å²) in [7, 11) is 0. The first-order valence-corrected chi connectivity index (χ1v) is 9.43. The highest BCUT2D eigenvalue weighted by molar-refractivity contribution is 7.98. The zero-order valence-corrected chi connectivity index (χ0v) is 13.8. The number of carbonyl (C=O) groups excluding carboxylic acids is 1. The van der Waals surface area contributed by atoms with Crippen molar-refractivity contribution in [2.75, 3.05) is 11.6 Å². The summed E-state index contributed by atoms with van der Waals surface area (Å²) in [4.78, 5) is 15.1. The summed E-state index contributed by atoms with van der Waals surface area (Å²) < 4.78 is 0. The molecule has 1 aliphatic carbocycles. The molecule has 21 heavy (non-hydrogen) atoms. The standard InChI is InChI=1S/C17H19NOS2/c1-20-13-7-5-6-12(10-13)18-17(19)15-11-21-16-9-4-2-3-8-14(15)16/h5-7,10-11H,2-4,8-9H2,1H3,(H,18,19). The molecule has 0 saturated heterocycles. The number of aryl methyl sites for hydroxylation is 1. The van der Waals surface area contributed by atoms with Crippen LogP contribution in [-0.2, 0) is 12.8 Å². The maximum Gasteiger partial charge on any atom is 0.256 e. The van der Waals surface area contributed by atoms with Crippen LogP contribution in [0.3, 0.4) is 0 Å². The van der Waals surface area contributed by atoms with E-state index in [2.05, 4.69) is 11.4 Å². The van der Waals surface area contributed by atoms with E-state index in [1.165, 1.54) is 29.7 Å². The second kappa shape index (κ2) is 6.67. The largest absolute Gasteiger partial charge is 0.322 e. The van der Waals surface area contributed by atoms with E-state index < -0.39 is 0 Å². The number of hydrogen-bond donors (Lipinski definition) is 1. The highest BCUT2D eigenvalue weighted by Gasteiger charge is 2.19. The summed E-state index contributed by atoms with van der Waals surface area (Å²) in [5.41, 5.74) is 3.04. The van der Waals surface area contributed by atoms with Gasteiger partial charge in [0.1, 0.15) is 0 Å². The number of benzene rings is 1. The Balaban J connectivity index is 1.80. The number of hydrogen-bond acceptors (Lipinski definition) is 3. The Bertz CT molecular complexity index is 648. The highest BCUT2D eigenvalue weighted by atomic mass is 32.2. The van der Waals surface area contributed by atoms with Gasteiger partial charge in [-0.25, -0.2) is 0 Å². The Kier molecular flexibility index (Phi) is 4.66. The molecule has 1 aromatic heterocycles. The Hall–Kier alpha value is -1.26. The molecular formula is C17H19NOS2. The van der Waals surface area contributed by atoms with Crippen LogP contribution in [-0.4, -0.2) is 12.2 Å². The number of thiophene rings is 1. The zero-order chi connectivity index (χ0) is 14.7. The average Bonchev–Trinajstić information content (AvgIpc) is 2.76. The van der Waals surface area contributed by atoms with Gasteiger partial charge in [0.2, 0.25) is 0 Å². The molecule has 1 heterocycles. The van der Waals surface area contributed by atoms with Crippen molar-refractivity contribution in [2.45, 2.75) is 37.0 Å². The summed E-state index contributed by atoms with van der Waals surface area (Å²) in [6.07, 6.45) is 7.95. The molecule has 0 atom stereocenters. The Labute approximate surface area is 134 Å². The van der Waals surface area contributed by atoms with Crippen molar-refractivity contribution < 1.29 is 4.79 Å². The van der Waals surface area contributed by atoms with Crippen molar-refractivity contribution in [3.63, 3.8) is 0 Å². The number of amides is 1. The van der Waals surface area contributed by atoms with Gasteiger partial charge in [-0.05, 0) is 55.7 Å². The highest BCUT2D eigenvalue weighted by Crippen LogP contribution is 2.30. The first kappa shape index (κ1) is 14.7. The minimum Gasteiger partial charge on any atom is -0.322 e. The molecule has 3 rings (SSSR count). The van der Waals surface area contributed by atoms with Gasteiger partial charge in [0, 0.05) is 20.8 Å². The topological polar surface area (TPSA) is 29.1 Å². The molecule has 2 nitrogen and oxygen atoms in total. The first-order chi connectivity index (χ1) is 10.3. The van der Waals surface area contributed by atoms with E-state index in [1.807, 2.05) is 29.8 Å². The molecule has 0 aliphatic heterocycles. The van der Waals surface area contributed by atoms with Crippen LogP contribution in [0.25, 0.3) is 0 Å². The van der Waals surface area contributed by atoms with Gasteiger partial charge in [-0.3, -0.25) is 4.79 Å². The molecule has 0 spiro atoms. The van der Waals surface area contributed by atoms with Gasteiger partial charge in [-0.15, -0.1) is 23.1 Å². The van der Waals surface area contributed by atoms with Crippen LogP contribution < -0.4 is 5.32 Å². The first-order valence-electron chi connectivity index (χ1n) is 7.32. The molecule has 1 N–H and O–H groups in total. The third-order valence-electron chi connectivity index (χ3n) is 3.88. The van der Waals surface area contributed by atoms with Crippen molar-refractivity contribution in [3.05, 3.63) is 45.6 Å². The van der Waals surface area contributed by atoms with Crippen LogP contribution in [0, 0.1) is 0 Å². The number of thioether (sulfide) groups is 1. The van der Waals surface area contributed by atoms with Crippen molar-refractivity contribution >= 4 is 34.7 Å². The van der Waals surface area contributed by atoms with E-state index in [9.17, 15) is 4.79 Å². The van der Waals surface area contributed by atoms with E-state index in [1.54, 1.807) is 23.1 Å². The van der Waals surface area contributed by atoms with Crippen molar-refractivity contribution in [1.29, 1.82) is 0 Å². The summed E-state index contributed by atoms with van der Waals surface area (Å²) in [6, 6.07) is 8.00. The lowest BCUT2D eigenvalue weighted by atomic mass is 10.1. The number of anilines is 1. The molecule has 0 unspecified atom stereocenters. The van der Waals surface area contributed by atoms with Crippen LogP contribution in [0.4, 0.5) is 5.69 Å². The molecule has 1 aliphatic rings. The fourth-order valence-electron chi connectivity index (χ4n) is 2.76. The van der Waals surface area contributed by atoms with Crippen molar-refractivity contribution in [3.8, 4) is 0 Å². The van der Waals surface area contributed by atoms with E-state index in [-0.39, 0.29) is 5.91 Å². The molecule has 4 heteroatoms. The Morgan fingerprint density at radius 2 is 2.10 bits per heavy atom. The molecule has 0 radical (unpaired) electrons. The van der Waals surface area contributed by atoms with Gasteiger partial charge >= 0.3 is 0 Å². The Morgan fingerprint density at radius 3 is 2.95 bits per heavy atom. The van der Waals surface area contributed by atoms with Gasteiger partial charge in [-0.2, -0.15) is 0 Å². The van der Waals surface area contributed by atoms with E-state index in [4.69, 9.17) is 0 Å². The monoisotopic (exact) mass is 317 g/mol. The van der Waals surface area contributed by atoms with Crippen molar-refractivity contribution in [1.82, 2.24) is 0 Å². The fraction of sp³-hybridized carbons (Fsp3) is 0.353. The molecule has 0 saturated carbocycles. The predicted octanol–water partition coefficient (Wildman–Crippen LogP) is 4.99. The lowest BCUT2D eigenvalue weighted by Gasteiger charge is -2.08.